The van der Waals surface area contributed by atoms with Gasteiger partial charge in [-0.3, -0.25) is 14.5 Å². The summed E-state index contributed by atoms with van der Waals surface area (Å²) in [5.74, 6) is -0.0399. The third kappa shape index (κ3) is 6.20. The standard InChI is InChI=1S/C24H29ClFN3O3/c1-15-4-5-17(11-20(15)26)13-27-24(31)18-6-8-29(9-7-18)14-23(30)28-21-10-16(2)19(25)12-22(21)32-3/h4-5,10-12,18H,6-9,13-14H2,1-3H3,(H,27,31)(H,28,30). The molecule has 6 nitrogen and oxygen atoms in total. The Balaban J connectivity index is 1.45. The summed E-state index contributed by atoms with van der Waals surface area (Å²) >= 11 is 6.12. The number of halogens is 2. The van der Waals surface area contributed by atoms with Crippen molar-refractivity contribution in [1.82, 2.24) is 10.2 Å². The summed E-state index contributed by atoms with van der Waals surface area (Å²) < 4.78 is 19.0. The number of carbonyl (C=O) groups is 2. The summed E-state index contributed by atoms with van der Waals surface area (Å²) in [4.78, 5) is 27.0. The van der Waals surface area contributed by atoms with Crippen molar-refractivity contribution in [2.75, 3.05) is 32.1 Å². The smallest absolute Gasteiger partial charge is 0.238 e. The average Bonchev–Trinajstić information content (AvgIpc) is 2.77. The van der Waals surface area contributed by atoms with Crippen LogP contribution in [0.3, 0.4) is 0 Å². The van der Waals surface area contributed by atoms with E-state index < -0.39 is 0 Å². The van der Waals surface area contributed by atoms with Gasteiger partial charge in [0.1, 0.15) is 11.6 Å². The Morgan fingerprint density at radius 2 is 1.88 bits per heavy atom. The summed E-state index contributed by atoms with van der Waals surface area (Å²) in [5, 5.41) is 6.36. The van der Waals surface area contributed by atoms with Crippen molar-refractivity contribution in [2.24, 2.45) is 5.92 Å². The van der Waals surface area contributed by atoms with Crippen LogP contribution in [0.25, 0.3) is 0 Å². The maximum atomic E-state index is 13.7. The highest BCUT2D eigenvalue weighted by molar-refractivity contribution is 6.31. The van der Waals surface area contributed by atoms with Gasteiger partial charge in [-0.05, 0) is 68.6 Å². The number of hydrogen-bond acceptors (Lipinski definition) is 4. The first-order chi connectivity index (χ1) is 15.3. The number of rotatable bonds is 7. The number of nitrogens with zero attached hydrogens (tertiary/aromatic N) is 1. The second-order valence-corrected chi connectivity index (χ2v) is 8.61. The molecule has 0 aromatic heterocycles. The molecule has 1 aliphatic rings. The second-order valence-electron chi connectivity index (χ2n) is 8.20. The first kappa shape index (κ1) is 24.0. The molecule has 1 aliphatic heterocycles. The van der Waals surface area contributed by atoms with Crippen molar-refractivity contribution in [3.8, 4) is 5.75 Å². The number of amides is 2. The van der Waals surface area contributed by atoms with Gasteiger partial charge in [-0.1, -0.05) is 23.7 Å². The molecule has 2 aromatic carbocycles. The number of ether oxygens (including phenoxy) is 1. The molecule has 0 spiro atoms. The van der Waals surface area contributed by atoms with Crippen molar-refractivity contribution >= 4 is 29.1 Å². The molecule has 0 saturated carbocycles. The van der Waals surface area contributed by atoms with Crippen molar-refractivity contribution in [2.45, 2.75) is 33.2 Å². The third-order valence-corrected chi connectivity index (χ3v) is 6.19. The fourth-order valence-electron chi connectivity index (χ4n) is 3.76. The normalized spacial score (nSPS) is 14.8. The number of nitrogens with one attached hydrogen (secondary N) is 2. The number of methoxy groups -OCH3 is 1. The Morgan fingerprint density at radius 1 is 1.16 bits per heavy atom. The lowest BCUT2D eigenvalue weighted by molar-refractivity contribution is -0.126. The maximum Gasteiger partial charge on any atom is 0.238 e. The molecule has 8 heteroatoms. The van der Waals surface area contributed by atoms with E-state index in [0.717, 1.165) is 11.1 Å². The SMILES string of the molecule is COc1cc(Cl)c(C)cc1NC(=O)CN1CCC(C(=O)NCc2ccc(C)c(F)c2)CC1. The molecule has 0 atom stereocenters. The molecule has 0 aliphatic carbocycles. The lowest BCUT2D eigenvalue weighted by Crippen LogP contribution is -2.43. The van der Waals surface area contributed by atoms with Gasteiger partial charge < -0.3 is 15.4 Å². The molecule has 32 heavy (non-hydrogen) atoms. The molecule has 0 unspecified atom stereocenters. The van der Waals surface area contributed by atoms with E-state index in [9.17, 15) is 14.0 Å². The quantitative estimate of drug-likeness (QED) is 0.652. The minimum absolute atomic E-state index is 0.0311. The number of piperidine rings is 1. The Kier molecular flexibility index (Phi) is 8.10. The van der Waals surface area contributed by atoms with Crippen LogP contribution in [0.4, 0.5) is 10.1 Å². The topological polar surface area (TPSA) is 70.7 Å². The molecule has 0 bridgehead atoms. The van der Waals surface area contributed by atoms with Gasteiger partial charge in [0.05, 0.1) is 19.3 Å². The van der Waals surface area contributed by atoms with Crippen LogP contribution in [0.5, 0.6) is 5.75 Å². The minimum atomic E-state index is -0.269. The van der Waals surface area contributed by atoms with Crippen LogP contribution in [0, 0.1) is 25.6 Å². The number of anilines is 1. The van der Waals surface area contributed by atoms with Crippen LogP contribution in [-0.4, -0.2) is 43.5 Å². The molecular formula is C24H29ClFN3O3. The van der Waals surface area contributed by atoms with Gasteiger partial charge >= 0.3 is 0 Å². The molecule has 2 aromatic rings. The monoisotopic (exact) mass is 461 g/mol. The molecule has 2 N–H and O–H groups in total. The Hall–Kier alpha value is -2.64. The van der Waals surface area contributed by atoms with Gasteiger partial charge in [-0.15, -0.1) is 0 Å². The molecule has 3 rings (SSSR count). The second kappa shape index (κ2) is 10.8. The van der Waals surface area contributed by atoms with Crippen LogP contribution in [0.2, 0.25) is 5.02 Å². The fourth-order valence-corrected chi connectivity index (χ4v) is 3.91. The number of likely N-dealkylation sites (tertiary alicyclic amines) is 1. The molecule has 2 amide bonds. The first-order valence-corrected chi connectivity index (χ1v) is 11.0. The van der Waals surface area contributed by atoms with Crippen LogP contribution in [0.1, 0.15) is 29.5 Å². The highest BCUT2D eigenvalue weighted by Gasteiger charge is 2.26. The van der Waals surface area contributed by atoms with Gasteiger partial charge in [0, 0.05) is 23.6 Å². The van der Waals surface area contributed by atoms with Crippen LogP contribution in [0.15, 0.2) is 30.3 Å². The predicted octanol–water partition coefficient (Wildman–Crippen LogP) is 4.07. The molecule has 172 valence electrons. The molecule has 1 heterocycles. The molecule has 1 saturated heterocycles. The van der Waals surface area contributed by atoms with Crippen LogP contribution < -0.4 is 15.4 Å². The van der Waals surface area contributed by atoms with E-state index in [1.54, 1.807) is 25.1 Å². The molecule has 0 radical (unpaired) electrons. The van der Waals surface area contributed by atoms with E-state index >= 15 is 0 Å². The summed E-state index contributed by atoms with van der Waals surface area (Å²) in [6, 6.07) is 8.45. The Labute approximate surface area is 193 Å². The van der Waals surface area contributed by atoms with Gasteiger partial charge in [0.15, 0.2) is 0 Å². The number of benzene rings is 2. The van der Waals surface area contributed by atoms with E-state index in [1.807, 2.05) is 17.9 Å². The lowest BCUT2D eigenvalue weighted by atomic mass is 9.95. The average molecular weight is 462 g/mol. The van der Waals surface area contributed by atoms with Gasteiger partial charge in [-0.25, -0.2) is 4.39 Å². The van der Waals surface area contributed by atoms with Crippen molar-refractivity contribution in [3.05, 3.63) is 57.9 Å². The third-order valence-electron chi connectivity index (χ3n) is 5.78. The number of hydrogen-bond donors (Lipinski definition) is 2. The van der Waals surface area contributed by atoms with E-state index in [4.69, 9.17) is 16.3 Å². The zero-order chi connectivity index (χ0) is 23.3. The number of carbonyl (C=O) groups excluding carboxylic acids is 2. The largest absolute Gasteiger partial charge is 0.495 e. The number of aryl methyl sites for hydroxylation is 2. The van der Waals surface area contributed by atoms with E-state index in [1.165, 1.54) is 13.2 Å². The van der Waals surface area contributed by atoms with E-state index in [-0.39, 0.29) is 30.1 Å². The van der Waals surface area contributed by atoms with E-state index in [2.05, 4.69) is 10.6 Å². The molecule has 1 fully saturated rings. The van der Waals surface area contributed by atoms with Gasteiger partial charge in [0.25, 0.3) is 0 Å². The zero-order valence-corrected chi connectivity index (χ0v) is 19.4. The summed E-state index contributed by atoms with van der Waals surface area (Å²) in [6.07, 6.45) is 1.34. The fraction of sp³-hybridized carbons (Fsp3) is 0.417. The summed E-state index contributed by atoms with van der Waals surface area (Å²) in [6.45, 7) is 5.42. The van der Waals surface area contributed by atoms with Crippen LogP contribution >= 0.6 is 11.6 Å². The van der Waals surface area contributed by atoms with Crippen LogP contribution in [-0.2, 0) is 16.1 Å². The maximum absolute atomic E-state index is 13.7. The van der Waals surface area contributed by atoms with Crippen molar-refractivity contribution < 1.29 is 18.7 Å². The predicted molar refractivity (Wildman–Crippen MR) is 124 cm³/mol. The summed E-state index contributed by atoms with van der Waals surface area (Å²) in [5.41, 5.74) is 2.76. The zero-order valence-electron chi connectivity index (χ0n) is 18.6. The lowest BCUT2D eigenvalue weighted by Gasteiger charge is -2.30. The van der Waals surface area contributed by atoms with Gasteiger partial charge in [-0.2, -0.15) is 0 Å². The summed E-state index contributed by atoms with van der Waals surface area (Å²) in [7, 11) is 1.53. The Morgan fingerprint density at radius 3 is 2.53 bits per heavy atom. The molecular weight excluding hydrogens is 433 g/mol. The minimum Gasteiger partial charge on any atom is -0.495 e. The highest BCUT2D eigenvalue weighted by Crippen LogP contribution is 2.31. The van der Waals surface area contributed by atoms with E-state index in [0.29, 0.717) is 54.5 Å². The Bertz CT molecular complexity index is 991. The first-order valence-electron chi connectivity index (χ1n) is 10.7. The van der Waals surface area contributed by atoms with Gasteiger partial charge in [0.2, 0.25) is 11.8 Å². The highest BCUT2D eigenvalue weighted by atomic mass is 35.5. The van der Waals surface area contributed by atoms with Crippen molar-refractivity contribution in [1.29, 1.82) is 0 Å². The van der Waals surface area contributed by atoms with Crippen molar-refractivity contribution in [3.63, 3.8) is 0 Å².